The van der Waals surface area contributed by atoms with E-state index in [0.717, 1.165) is 0 Å². The van der Waals surface area contributed by atoms with Crippen molar-refractivity contribution in [3.63, 3.8) is 0 Å². The van der Waals surface area contributed by atoms with Gasteiger partial charge < -0.3 is 20.1 Å². The summed E-state index contributed by atoms with van der Waals surface area (Å²) in [5.74, 6) is 0.267. The molecule has 2 N–H and O–H groups in total. The summed E-state index contributed by atoms with van der Waals surface area (Å²) in [5.41, 5.74) is 0. The van der Waals surface area contributed by atoms with Crippen LogP contribution in [-0.2, 0) is 9.53 Å². The first-order valence-corrected chi connectivity index (χ1v) is 6.07. The molecule has 1 unspecified atom stereocenters. The summed E-state index contributed by atoms with van der Waals surface area (Å²) >= 11 is 0. The Labute approximate surface area is 111 Å². The SMILES string of the molecule is CCNc1nc(NC(C)C(=O)OCC)nc(OC)n1. The van der Waals surface area contributed by atoms with Gasteiger partial charge in [-0.15, -0.1) is 0 Å². The zero-order chi connectivity index (χ0) is 14.3. The fourth-order valence-corrected chi connectivity index (χ4v) is 1.27. The van der Waals surface area contributed by atoms with Crippen molar-refractivity contribution in [2.24, 2.45) is 0 Å². The van der Waals surface area contributed by atoms with Crippen LogP contribution in [0.1, 0.15) is 20.8 Å². The molecule has 8 nitrogen and oxygen atoms in total. The molecule has 1 atom stereocenters. The second kappa shape index (κ2) is 7.34. The minimum atomic E-state index is -0.554. The van der Waals surface area contributed by atoms with Gasteiger partial charge in [0.1, 0.15) is 6.04 Å². The lowest BCUT2D eigenvalue weighted by Crippen LogP contribution is -2.29. The van der Waals surface area contributed by atoms with E-state index in [2.05, 4.69) is 25.6 Å². The second-order valence-electron chi connectivity index (χ2n) is 3.62. The summed E-state index contributed by atoms with van der Waals surface area (Å²) in [6.45, 7) is 6.33. The summed E-state index contributed by atoms with van der Waals surface area (Å²) in [6.07, 6.45) is 0. The number of methoxy groups -OCH3 is 1. The average molecular weight is 269 g/mol. The first kappa shape index (κ1) is 14.9. The molecule has 1 heterocycles. The molecule has 1 rings (SSSR count). The van der Waals surface area contributed by atoms with E-state index >= 15 is 0 Å². The van der Waals surface area contributed by atoms with E-state index in [0.29, 0.717) is 19.1 Å². The van der Waals surface area contributed by atoms with Crippen LogP contribution >= 0.6 is 0 Å². The molecule has 1 aromatic rings. The summed E-state index contributed by atoms with van der Waals surface area (Å²) < 4.78 is 9.86. The van der Waals surface area contributed by atoms with Gasteiger partial charge in [-0.2, -0.15) is 15.0 Å². The van der Waals surface area contributed by atoms with Crippen molar-refractivity contribution in [2.45, 2.75) is 26.8 Å². The Morgan fingerprint density at radius 1 is 1.26 bits per heavy atom. The van der Waals surface area contributed by atoms with E-state index < -0.39 is 6.04 Å². The molecule has 0 radical (unpaired) electrons. The number of nitrogens with one attached hydrogen (secondary N) is 2. The van der Waals surface area contributed by atoms with Gasteiger partial charge in [0, 0.05) is 6.54 Å². The standard InChI is InChI=1S/C11H19N5O3/c1-5-12-9-14-10(16-11(15-9)18-4)13-7(3)8(17)19-6-2/h7H,5-6H2,1-4H3,(H2,12,13,14,15,16). The highest BCUT2D eigenvalue weighted by Crippen LogP contribution is 2.11. The lowest BCUT2D eigenvalue weighted by Gasteiger charge is -2.13. The van der Waals surface area contributed by atoms with E-state index in [1.165, 1.54) is 7.11 Å². The maximum Gasteiger partial charge on any atom is 0.328 e. The molecule has 8 heteroatoms. The quantitative estimate of drug-likeness (QED) is 0.697. The third-order valence-electron chi connectivity index (χ3n) is 2.12. The number of ether oxygens (including phenoxy) is 2. The molecule has 0 saturated heterocycles. The second-order valence-corrected chi connectivity index (χ2v) is 3.62. The van der Waals surface area contributed by atoms with Gasteiger partial charge in [-0.05, 0) is 20.8 Å². The number of aromatic nitrogens is 3. The average Bonchev–Trinajstić information content (AvgIpc) is 2.39. The Balaban J connectivity index is 2.81. The van der Waals surface area contributed by atoms with E-state index in [1.807, 2.05) is 6.92 Å². The fourth-order valence-electron chi connectivity index (χ4n) is 1.27. The fraction of sp³-hybridized carbons (Fsp3) is 0.636. The maximum atomic E-state index is 11.5. The summed E-state index contributed by atoms with van der Waals surface area (Å²) in [7, 11) is 1.46. The molecule has 0 aliphatic carbocycles. The highest BCUT2D eigenvalue weighted by Gasteiger charge is 2.16. The van der Waals surface area contributed by atoms with Crippen molar-refractivity contribution in [3.05, 3.63) is 0 Å². The van der Waals surface area contributed by atoms with Crippen LogP contribution in [0.3, 0.4) is 0 Å². The Bertz CT molecular complexity index is 427. The van der Waals surface area contributed by atoms with Crippen LogP contribution in [0.25, 0.3) is 0 Å². The summed E-state index contributed by atoms with van der Waals surface area (Å²) in [5, 5.41) is 5.80. The number of esters is 1. The van der Waals surface area contributed by atoms with E-state index in [-0.39, 0.29) is 17.9 Å². The third-order valence-corrected chi connectivity index (χ3v) is 2.12. The van der Waals surface area contributed by atoms with Gasteiger partial charge in [-0.25, -0.2) is 4.79 Å². The molecule has 0 aromatic carbocycles. The number of rotatable bonds is 7. The van der Waals surface area contributed by atoms with Gasteiger partial charge in [-0.3, -0.25) is 0 Å². The third kappa shape index (κ3) is 4.57. The molecular formula is C11H19N5O3. The van der Waals surface area contributed by atoms with Crippen molar-refractivity contribution in [2.75, 3.05) is 30.9 Å². The number of hydrogen-bond acceptors (Lipinski definition) is 8. The molecule has 0 saturated carbocycles. The molecule has 0 aliphatic heterocycles. The van der Waals surface area contributed by atoms with Gasteiger partial charge in [0.25, 0.3) is 0 Å². The number of carbonyl (C=O) groups excluding carboxylic acids is 1. The van der Waals surface area contributed by atoms with Gasteiger partial charge >= 0.3 is 12.0 Å². The number of nitrogens with zero attached hydrogens (tertiary/aromatic N) is 3. The number of hydrogen-bond donors (Lipinski definition) is 2. The topological polar surface area (TPSA) is 98.3 Å². The predicted octanol–water partition coefficient (Wildman–Crippen LogP) is 0.675. The lowest BCUT2D eigenvalue weighted by atomic mass is 10.3. The maximum absolute atomic E-state index is 11.5. The van der Waals surface area contributed by atoms with Gasteiger partial charge in [0.2, 0.25) is 11.9 Å². The molecule has 0 bridgehead atoms. The van der Waals surface area contributed by atoms with Crippen molar-refractivity contribution in [3.8, 4) is 6.01 Å². The smallest absolute Gasteiger partial charge is 0.328 e. The zero-order valence-electron chi connectivity index (χ0n) is 11.6. The molecule has 19 heavy (non-hydrogen) atoms. The van der Waals surface area contributed by atoms with Crippen molar-refractivity contribution < 1.29 is 14.3 Å². The Hall–Kier alpha value is -2.12. The van der Waals surface area contributed by atoms with Gasteiger partial charge in [-0.1, -0.05) is 0 Å². The molecule has 0 aliphatic rings. The van der Waals surface area contributed by atoms with Crippen LogP contribution in [0.15, 0.2) is 0 Å². The van der Waals surface area contributed by atoms with E-state index in [9.17, 15) is 4.79 Å². The Morgan fingerprint density at radius 3 is 2.53 bits per heavy atom. The normalized spacial score (nSPS) is 11.6. The van der Waals surface area contributed by atoms with Crippen LogP contribution in [0.4, 0.5) is 11.9 Å². The number of anilines is 2. The lowest BCUT2D eigenvalue weighted by molar-refractivity contribution is -0.143. The first-order chi connectivity index (χ1) is 9.10. The molecule has 1 aromatic heterocycles. The van der Waals surface area contributed by atoms with Crippen LogP contribution in [0.2, 0.25) is 0 Å². The Morgan fingerprint density at radius 2 is 1.95 bits per heavy atom. The summed E-state index contributed by atoms with van der Waals surface area (Å²) in [6, 6.07) is -0.383. The number of carbonyl (C=O) groups is 1. The molecule has 106 valence electrons. The molecular weight excluding hydrogens is 250 g/mol. The zero-order valence-corrected chi connectivity index (χ0v) is 11.6. The van der Waals surface area contributed by atoms with Crippen LogP contribution < -0.4 is 15.4 Å². The minimum Gasteiger partial charge on any atom is -0.467 e. The highest BCUT2D eigenvalue weighted by molar-refractivity contribution is 5.78. The van der Waals surface area contributed by atoms with Crippen molar-refractivity contribution in [1.82, 2.24) is 15.0 Å². The Kier molecular flexibility index (Phi) is 5.77. The highest BCUT2D eigenvalue weighted by atomic mass is 16.5. The predicted molar refractivity (Wildman–Crippen MR) is 70.3 cm³/mol. The van der Waals surface area contributed by atoms with Gasteiger partial charge in [0.05, 0.1) is 13.7 Å². The molecule has 0 amide bonds. The van der Waals surface area contributed by atoms with Crippen LogP contribution in [0.5, 0.6) is 6.01 Å². The first-order valence-electron chi connectivity index (χ1n) is 6.07. The van der Waals surface area contributed by atoms with E-state index in [4.69, 9.17) is 9.47 Å². The van der Waals surface area contributed by atoms with Gasteiger partial charge in [0.15, 0.2) is 0 Å². The molecule has 0 fully saturated rings. The van der Waals surface area contributed by atoms with Crippen molar-refractivity contribution >= 4 is 17.9 Å². The van der Waals surface area contributed by atoms with E-state index in [1.54, 1.807) is 13.8 Å². The summed E-state index contributed by atoms with van der Waals surface area (Å²) in [4.78, 5) is 23.7. The molecule has 0 spiro atoms. The largest absolute Gasteiger partial charge is 0.467 e. The van der Waals surface area contributed by atoms with Crippen LogP contribution in [0, 0.1) is 0 Å². The van der Waals surface area contributed by atoms with Crippen molar-refractivity contribution in [1.29, 1.82) is 0 Å². The monoisotopic (exact) mass is 269 g/mol. The minimum absolute atomic E-state index is 0.171. The van der Waals surface area contributed by atoms with Crippen LogP contribution in [-0.4, -0.2) is 47.2 Å².